The van der Waals surface area contributed by atoms with Crippen LogP contribution in [0.2, 0.25) is 5.28 Å². The number of nitrogens with zero attached hydrogens (tertiary/aromatic N) is 2. The fraction of sp³-hybridized carbons (Fsp3) is 0.636. The maximum absolute atomic E-state index is 5.78. The summed E-state index contributed by atoms with van der Waals surface area (Å²) in [6.45, 7) is 1.89. The lowest BCUT2D eigenvalue weighted by Gasteiger charge is -2.22. The standard InChI is InChI=1S/C11H15ClN2O/c1-8-7-10(14-11(12)13-8)15-9-5-3-2-4-6-9/h7,9H,2-6H2,1H3. The van der Waals surface area contributed by atoms with E-state index in [0.717, 1.165) is 18.5 Å². The minimum absolute atomic E-state index is 0.265. The van der Waals surface area contributed by atoms with Crippen LogP contribution >= 0.6 is 11.6 Å². The highest BCUT2D eigenvalue weighted by molar-refractivity contribution is 6.28. The first kappa shape index (κ1) is 10.7. The van der Waals surface area contributed by atoms with E-state index in [4.69, 9.17) is 16.3 Å². The van der Waals surface area contributed by atoms with Gasteiger partial charge >= 0.3 is 0 Å². The van der Waals surface area contributed by atoms with Gasteiger partial charge in [-0.05, 0) is 44.2 Å². The number of aryl methyl sites for hydroxylation is 1. The van der Waals surface area contributed by atoms with Crippen molar-refractivity contribution in [2.45, 2.75) is 45.1 Å². The van der Waals surface area contributed by atoms with Crippen molar-refractivity contribution in [1.82, 2.24) is 9.97 Å². The molecule has 15 heavy (non-hydrogen) atoms. The molecule has 0 saturated heterocycles. The summed E-state index contributed by atoms with van der Waals surface area (Å²) in [5, 5.41) is 0.265. The van der Waals surface area contributed by atoms with Gasteiger partial charge < -0.3 is 4.74 Å². The van der Waals surface area contributed by atoms with E-state index in [1.807, 2.05) is 13.0 Å². The van der Waals surface area contributed by atoms with Crippen molar-refractivity contribution < 1.29 is 4.74 Å². The van der Waals surface area contributed by atoms with Crippen molar-refractivity contribution in [2.24, 2.45) is 0 Å². The van der Waals surface area contributed by atoms with E-state index in [1.165, 1.54) is 19.3 Å². The summed E-state index contributed by atoms with van der Waals surface area (Å²) in [5.41, 5.74) is 0.848. The van der Waals surface area contributed by atoms with Gasteiger partial charge in [0.25, 0.3) is 0 Å². The highest BCUT2D eigenvalue weighted by Gasteiger charge is 2.15. The van der Waals surface area contributed by atoms with Crippen LogP contribution in [0.5, 0.6) is 5.88 Å². The number of aromatic nitrogens is 2. The average Bonchev–Trinajstić information content (AvgIpc) is 2.17. The van der Waals surface area contributed by atoms with Crippen molar-refractivity contribution in [1.29, 1.82) is 0 Å². The smallest absolute Gasteiger partial charge is 0.225 e. The molecule has 1 aliphatic rings. The van der Waals surface area contributed by atoms with Gasteiger partial charge in [0.05, 0.1) is 0 Å². The Bertz CT molecular complexity index is 317. The van der Waals surface area contributed by atoms with Gasteiger partial charge in [0.1, 0.15) is 6.10 Å². The Hall–Kier alpha value is -0.830. The number of ether oxygens (including phenoxy) is 1. The average molecular weight is 227 g/mol. The fourth-order valence-corrected chi connectivity index (χ4v) is 2.14. The van der Waals surface area contributed by atoms with Gasteiger partial charge in [0.2, 0.25) is 11.2 Å². The maximum Gasteiger partial charge on any atom is 0.225 e. The largest absolute Gasteiger partial charge is 0.474 e. The van der Waals surface area contributed by atoms with Gasteiger partial charge in [-0.25, -0.2) is 4.98 Å². The summed E-state index contributed by atoms with van der Waals surface area (Å²) in [6.07, 6.45) is 6.39. The normalized spacial score (nSPS) is 17.7. The van der Waals surface area contributed by atoms with Gasteiger partial charge in [-0.1, -0.05) is 6.42 Å². The van der Waals surface area contributed by atoms with E-state index in [9.17, 15) is 0 Å². The SMILES string of the molecule is Cc1cc(OC2CCCCC2)nc(Cl)n1. The second kappa shape index (κ2) is 4.79. The molecular weight excluding hydrogens is 212 g/mol. The summed E-state index contributed by atoms with van der Waals surface area (Å²) in [4.78, 5) is 8.06. The van der Waals surface area contributed by atoms with Gasteiger partial charge in [0, 0.05) is 11.8 Å². The summed E-state index contributed by atoms with van der Waals surface area (Å²) in [7, 11) is 0. The molecule has 1 fully saturated rings. The lowest BCUT2D eigenvalue weighted by atomic mass is 9.98. The Morgan fingerprint density at radius 2 is 2.00 bits per heavy atom. The van der Waals surface area contributed by atoms with E-state index in [2.05, 4.69) is 9.97 Å². The number of hydrogen-bond donors (Lipinski definition) is 0. The van der Waals surface area contributed by atoms with Crippen molar-refractivity contribution in [3.8, 4) is 5.88 Å². The van der Waals surface area contributed by atoms with Crippen LogP contribution in [0.25, 0.3) is 0 Å². The molecule has 0 atom stereocenters. The van der Waals surface area contributed by atoms with Crippen LogP contribution in [-0.2, 0) is 0 Å². The molecule has 0 aromatic carbocycles. The zero-order valence-corrected chi connectivity index (χ0v) is 9.63. The third-order valence-electron chi connectivity index (χ3n) is 2.64. The van der Waals surface area contributed by atoms with E-state index >= 15 is 0 Å². The zero-order chi connectivity index (χ0) is 10.7. The lowest BCUT2D eigenvalue weighted by Crippen LogP contribution is -2.20. The fourth-order valence-electron chi connectivity index (χ4n) is 1.92. The molecule has 0 amide bonds. The van der Waals surface area contributed by atoms with E-state index < -0.39 is 0 Å². The second-order valence-electron chi connectivity index (χ2n) is 3.99. The molecule has 1 aromatic rings. The molecule has 4 heteroatoms. The molecule has 0 N–H and O–H groups in total. The Morgan fingerprint density at radius 1 is 1.27 bits per heavy atom. The van der Waals surface area contributed by atoms with Crippen molar-refractivity contribution in [2.75, 3.05) is 0 Å². The third kappa shape index (κ3) is 3.06. The second-order valence-corrected chi connectivity index (χ2v) is 4.33. The summed E-state index contributed by atoms with van der Waals surface area (Å²) >= 11 is 5.77. The molecule has 0 spiro atoms. The van der Waals surface area contributed by atoms with Gasteiger partial charge in [0.15, 0.2) is 0 Å². The first-order chi connectivity index (χ1) is 7.24. The molecule has 0 aliphatic heterocycles. The van der Waals surface area contributed by atoms with Crippen LogP contribution in [-0.4, -0.2) is 16.1 Å². The molecule has 0 bridgehead atoms. The first-order valence-corrected chi connectivity index (χ1v) is 5.80. The van der Waals surface area contributed by atoms with Crippen molar-refractivity contribution in [3.05, 3.63) is 17.0 Å². The highest BCUT2D eigenvalue weighted by Crippen LogP contribution is 2.23. The van der Waals surface area contributed by atoms with E-state index in [0.29, 0.717) is 12.0 Å². The summed E-state index contributed by atoms with van der Waals surface area (Å²) < 4.78 is 5.78. The Kier molecular flexibility index (Phi) is 3.41. The van der Waals surface area contributed by atoms with Gasteiger partial charge in [-0.15, -0.1) is 0 Å². The molecule has 0 radical (unpaired) electrons. The van der Waals surface area contributed by atoms with Crippen molar-refractivity contribution in [3.63, 3.8) is 0 Å². The number of rotatable bonds is 2. The van der Waals surface area contributed by atoms with Gasteiger partial charge in [-0.2, -0.15) is 4.98 Å². The van der Waals surface area contributed by atoms with Crippen LogP contribution in [0.15, 0.2) is 6.07 Å². The number of halogens is 1. The molecule has 1 aromatic heterocycles. The van der Waals surface area contributed by atoms with Crippen molar-refractivity contribution >= 4 is 11.6 Å². The highest BCUT2D eigenvalue weighted by atomic mass is 35.5. The summed E-state index contributed by atoms with van der Waals surface area (Å²) in [5.74, 6) is 0.611. The molecule has 2 rings (SSSR count). The van der Waals surface area contributed by atoms with Crippen LogP contribution in [0.3, 0.4) is 0 Å². The molecular formula is C11H15ClN2O. The Morgan fingerprint density at radius 3 is 2.67 bits per heavy atom. The molecule has 1 heterocycles. The number of hydrogen-bond acceptors (Lipinski definition) is 3. The minimum Gasteiger partial charge on any atom is -0.474 e. The topological polar surface area (TPSA) is 35.0 Å². The van der Waals surface area contributed by atoms with E-state index in [-0.39, 0.29) is 5.28 Å². The maximum atomic E-state index is 5.78. The Balaban J connectivity index is 2.02. The third-order valence-corrected chi connectivity index (χ3v) is 2.81. The molecule has 1 saturated carbocycles. The van der Waals surface area contributed by atoms with Gasteiger partial charge in [-0.3, -0.25) is 0 Å². The Labute approximate surface area is 94.8 Å². The first-order valence-electron chi connectivity index (χ1n) is 5.42. The molecule has 1 aliphatic carbocycles. The predicted molar refractivity (Wildman–Crippen MR) is 59.3 cm³/mol. The minimum atomic E-state index is 0.265. The predicted octanol–water partition coefficient (Wildman–Crippen LogP) is 3.15. The van der Waals surface area contributed by atoms with Crippen LogP contribution in [0.1, 0.15) is 37.8 Å². The quantitative estimate of drug-likeness (QED) is 0.727. The van der Waals surface area contributed by atoms with Crippen LogP contribution < -0.4 is 4.74 Å². The molecule has 3 nitrogen and oxygen atoms in total. The monoisotopic (exact) mass is 226 g/mol. The van der Waals surface area contributed by atoms with E-state index in [1.54, 1.807) is 0 Å². The van der Waals surface area contributed by atoms with Crippen LogP contribution in [0.4, 0.5) is 0 Å². The van der Waals surface area contributed by atoms with Crippen LogP contribution in [0, 0.1) is 6.92 Å². The molecule has 0 unspecified atom stereocenters. The molecule has 82 valence electrons. The summed E-state index contributed by atoms with van der Waals surface area (Å²) in [6, 6.07) is 1.83. The zero-order valence-electron chi connectivity index (χ0n) is 8.87. The lowest BCUT2D eigenvalue weighted by molar-refractivity contribution is 0.148.